The minimum absolute atomic E-state index is 0.218. The molecule has 0 radical (unpaired) electrons. The van der Waals surface area contributed by atoms with E-state index in [9.17, 15) is 0 Å². The van der Waals surface area contributed by atoms with Crippen molar-refractivity contribution in [2.45, 2.75) is 24.8 Å². The van der Waals surface area contributed by atoms with Crippen molar-refractivity contribution in [3.8, 4) is 0 Å². The lowest BCUT2D eigenvalue weighted by Crippen LogP contribution is -2.57. The van der Waals surface area contributed by atoms with Gasteiger partial charge in [0.25, 0.3) is 0 Å². The summed E-state index contributed by atoms with van der Waals surface area (Å²) in [5, 5.41) is 0. The van der Waals surface area contributed by atoms with Gasteiger partial charge in [-0.05, 0) is 36.6 Å². The molecule has 2 aliphatic rings. The molecule has 1 unspecified atom stereocenters. The third-order valence-corrected chi connectivity index (χ3v) is 5.46. The van der Waals surface area contributed by atoms with Gasteiger partial charge in [-0.2, -0.15) is 11.8 Å². The molecule has 92 valence electrons. The summed E-state index contributed by atoms with van der Waals surface area (Å²) in [4.78, 5) is 2.59. The first-order valence-corrected chi connectivity index (χ1v) is 7.65. The molecule has 0 aliphatic carbocycles. The molecule has 17 heavy (non-hydrogen) atoms. The smallest absolute Gasteiger partial charge is 0.0614 e. The highest BCUT2D eigenvalue weighted by molar-refractivity contribution is 7.99. The molecule has 3 rings (SSSR count). The van der Waals surface area contributed by atoms with Gasteiger partial charge in [-0.25, -0.2) is 0 Å². The zero-order valence-corrected chi connectivity index (χ0v) is 11.0. The predicted octanol–water partition coefficient (Wildman–Crippen LogP) is 2.27. The first-order valence-electron chi connectivity index (χ1n) is 6.49. The van der Waals surface area contributed by atoms with Gasteiger partial charge in [0.15, 0.2) is 0 Å². The van der Waals surface area contributed by atoms with Gasteiger partial charge in [0.1, 0.15) is 0 Å². The van der Waals surface area contributed by atoms with Gasteiger partial charge in [-0.1, -0.05) is 18.2 Å². The Morgan fingerprint density at radius 3 is 3.00 bits per heavy atom. The molecule has 2 nitrogen and oxygen atoms in total. The van der Waals surface area contributed by atoms with E-state index in [0.29, 0.717) is 0 Å². The minimum atomic E-state index is 0.218. The van der Waals surface area contributed by atoms with Crippen molar-refractivity contribution in [2.24, 2.45) is 5.73 Å². The van der Waals surface area contributed by atoms with Gasteiger partial charge in [0.05, 0.1) is 5.54 Å². The Morgan fingerprint density at radius 2 is 2.24 bits per heavy atom. The summed E-state index contributed by atoms with van der Waals surface area (Å²) in [5.41, 5.74) is 9.27. The van der Waals surface area contributed by atoms with E-state index in [1.54, 1.807) is 0 Å². The second-order valence-electron chi connectivity index (χ2n) is 5.11. The first kappa shape index (κ1) is 11.4. The Bertz CT molecular complexity index is 399. The molecule has 0 saturated carbocycles. The molecular weight excluding hydrogens is 228 g/mol. The molecule has 3 heteroatoms. The van der Waals surface area contributed by atoms with E-state index in [4.69, 9.17) is 5.73 Å². The molecule has 0 aromatic heterocycles. The van der Waals surface area contributed by atoms with E-state index < -0.39 is 0 Å². The Kier molecular flexibility index (Phi) is 3.05. The van der Waals surface area contributed by atoms with E-state index in [2.05, 4.69) is 40.9 Å². The van der Waals surface area contributed by atoms with Gasteiger partial charge >= 0.3 is 0 Å². The van der Waals surface area contributed by atoms with Crippen molar-refractivity contribution in [3.05, 3.63) is 29.8 Å². The van der Waals surface area contributed by atoms with Crippen LogP contribution in [0.5, 0.6) is 0 Å². The third-order valence-electron chi connectivity index (χ3n) is 4.14. The highest BCUT2D eigenvalue weighted by Crippen LogP contribution is 2.39. The molecule has 2 N–H and O–H groups in total. The highest BCUT2D eigenvalue weighted by atomic mass is 32.2. The quantitative estimate of drug-likeness (QED) is 0.870. The van der Waals surface area contributed by atoms with Gasteiger partial charge in [-0.3, -0.25) is 0 Å². The molecule has 1 saturated heterocycles. The Morgan fingerprint density at radius 1 is 1.35 bits per heavy atom. The number of benzene rings is 1. The number of fused-ring (bicyclic) bond motifs is 1. The fraction of sp³-hybridized carbons (Fsp3) is 0.571. The number of anilines is 1. The van der Waals surface area contributed by atoms with Crippen molar-refractivity contribution in [1.82, 2.24) is 0 Å². The largest absolute Gasteiger partial charge is 0.363 e. The highest BCUT2D eigenvalue weighted by Gasteiger charge is 2.39. The SMILES string of the molecule is NCC1(N2CCc3ccccc32)CCCSC1. The van der Waals surface area contributed by atoms with Crippen LogP contribution in [0.4, 0.5) is 5.69 Å². The van der Waals surface area contributed by atoms with Crippen LogP contribution in [0.1, 0.15) is 18.4 Å². The van der Waals surface area contributed by atoms with E-state index in [0.717, 1.165) is 13.1 Å². The fourth-order valence-electron chi connectivity index (χ4n) is 3.15. The topological polar surface area (TPSA) is 29.3 Å². The predicted molar refractivity (Wildman–Crippen MR) is 75.8 cm³/mol. The van der Waals surface area contributed by atoms with Crippen LogP contribution in [0.25, 0.3) is 0 Å². The second kappa shape index (κ2) is 4.54. The molecule has 1 fully saturated rings. The number of rotatable bonds is 2. The van der Waals surface area contributed by atoms with Crippen LogP contribution in [-0.4, -0.2) is 30.1 Å². The van der Waals surface area contributed by atoms with E-state index in [-0.39, 0.29) is 5.54 Å². The summed E-state index contributed by atoms with van der Waals surface area (Å²) in [7, 11) is 0. The maximum absolute atomic E-state index is 6.12. The zero-order chi connectivity index (χ0) is 11.7. The summed E-state index contributed by atoms with van der Waals surface area (Å²) in [5.74, 6) is 2.50. The average Bonchev–Trinajstić information content (AvgIpc) is 2.84. The number of nitrogens with two attached hydrogens (primary N) is 1. The Labute approximate surface area is 108 Å². The van der Waals surface area contributed by atoms with Crippen molar-refractivity contribution in [1.29, 1.82) is 0 Å². The minimum Gasteiger partial charge on any atom is -0.363 e. The van der Waals surface area contributed by atoms with Crippen molar-refractivity contribution in [2.75, 3.05) is 29.5 Å². The molecular formula is C14H20N2S. The summed E-state index contributed by atoms with van der Waals surface area (Å²) < 4.78 is 0. The van der Waals surface area contributed by atoms with Crippen LogP contribution >= 0.6 is 11.8 Å². The second-order valence-corrected chi connectivity index (χ2v) is 6.22. The van der Waals surface area contributed by atoms with Gasteiger partial charge in [0.2, 0.25) is 0 Å². The number of hydrogen-bond donors (Lipinski definition) is 1. The van der Waals surface area contributed by atoms with Crippen LogP contribution in [0.15, 0.2) is 24.3 Å². The lowest BCUT2D eigenvalue weighted by atomic mass is 9.93. The molecule has 1 aromatic carbocycles. The van der Waals surface area contributed by atoms with E-state index in [1.807, 2.05) is 0 Å². The molecule has 0 bridgehead atoms. The Balaban J connectivity index is 1.94. The van der Waals surface area contributed by atoms with E-state index in [1.165, 1.54) is 42.0 Å². The number of para-hydroxylation sites is 1. The monoisotopic (exact) mass is 248 g/mol. The first-order chi connectivity index (χ1) is 8.36. The van der Waals surface area contributed by atoms with Crippen LogP contribution in [0.2, 0.25) is 0 Å². The molecule has 2 aliphatic heterocycles. The molecule has 2 heterocycles. The summed E-state index contributed by atoms with van der Waals surface area (Å²) in [6, 6.07) is 8.82. The molecule has 1 atom stereocenters. The third kappa shape index (κ3) is 1.85. The fourth-order valence-corrected chi connectivity index (χ4v) is 4.44. The summed E-state index contributed by atoms with van der Waals surface area (Å²) in [6.07, 6.45) is 3.74. The van der Waals surface area contributed by atoms with Crippen LogP contribution in [-0.2, 0) is 6.42 Å². The number of hydrogen-bond acceptors (Lipinski definition) is 3. The normalized spacial score (nSPS) is 28.2. The lowest BCUT2D eigenvalue weighted by molar-refractivity contribution is 0.404. The van der Waals surface area contributed by atoms with Gasteiger partial charge < -0.3 is 10.6 Å². The number of thioether (sulfide) groups is 1. The summed E-state index contributed by atoms with van der Waals surface area (Å²) >= 11 is 2.07. The summed E-state index contributed by atoms with van der Waals surface area (Å²) in [6.45, 7) is 1.94. The number of nitrogens with zero attached hydrogens (tertiary/aromatic N) is 1. The van der Waals surface area contributed by atoms with Crippen molar-refractivity contribution in [3.63, 3.8) is 0 Å². The van der Waals surface area contributed by atoms with Crippen molar-refractivity contribution < 1.29 is 0 Å². The van der Waals surface area contributed by atoms with Crippen LogP contribution < -0.4 is 10.6 Å². The Hall–Kier alpha value is -0.670. The molecule has 0 amide bonds. The molecule has 1 aromatic rings. The lowest BCUT2D eigenvalue weighted by Gasteiger charge is -2.45. The molecule has 0 spiro atoms. The van der Waals surface area contributed by atoms with Gasteiger partial charge in [0, 0.05) is 24.5 Å². The zero-order valence-electron chi connectivity index (χ0n) is 10.2. The van der Waals surface area contributed by atoms with Crippen LogP contribution in [0.3, 0.4) is 0 Å². The maximum Gasteiger partial charge on any atom is 0.0614 e. The van der Waals surface area contributed by atoms with Crippen molar-refractivity contribution >= 4 is 17.4 Å². The standard InChI is InChI=1S/C14H20N2S/c15-10-14(7-3-9-17-11-14)16-8-6-12-4-1-2-5-13(12)16/h1-2,4-5H,3,6-11,15H2. The van der Waals surface area contributed by atoms with Gasteiger partial charge in [-0.15, -0.1) is 0 Å². The maximum atomic E-state index is 6.12. The van der Waals surface area contributed by atoms with Crippen LogP contribution in [0, 0.1) is 0 Å². The average molecular weight is 248 g/mol. The van der Waals surface area contributed by atoms with E-state index >= 15 is 0 Å².